The van der Waals surface area contributed by atoms with Crippen molar-refractivity contribution in [3.05, 3.63) is 33.1 Å². The van der Waals surface area contributed by atoms with Crippen molar-refractivity contribution in [2.24, 2.45) is 5.73 Å². The van der Waals surface area contributed by atoms with Gasteiger partial charge in [-0.05, 0) is 0 Å². The number of H-pyrrole nitrogens is 1. The predicted octanol–water partition coefficient (Wildman–Crippen LogP) is -4.83. The van der Waals surface area contributed by atoms with E-state index < -0.39 is 95.3 Å². The molecule has 0 aliphatic carbocycles. The van der Waals surface area contributed by atoms with Crippen LogP contribution in [-0.4, -0.2) is 107 Å². The number of nitrogens with two attached hydrogens (primary N) is 1. The topological polar surface area (TPSA) is 303 Å². The summed E-state index contributed by atoms with van der Waals surface area (Å²) in [5.41, 5.74) is 3.59. The number of phosphoric acid groups is 2. The molecule has 3 heterocycles. The number of rotatable bonds is 9. The van der Waals surface area contributed by atoms with Crippen LogP contribution < -0.4 is 17.0 Å². The number of aromatic amines is 1. The number of aliphatic hydroxyl groups excluding tert-OH is 5. The highest BCUT2D eigenvalue weighted by Gasteiger charge is 2.49. The molecule has 0 aromatic carbocycles. The van der Waals surface area contributed by atoms with Crippen molar-refractivity contribution in [1.29, 1.82) is 0 Å². The highest BCUT2D eigenvalue weighted by Crippen LogP contribution is 2.61. The van der Waals surface area contributed by atoms with Crippen LogP contribution in [0.15, 0.2) is 21.9 Å². The van der Waals surface area contributed by atoms with E-state index in [2.05, 4.69) is 13.4 Å². The fourth-order valence-electron chi connectivity index (χ4n) is 3.39. The van der Waals surface area contributed by atoms with Gasteiger partial charge in [0.2, 0.25) is 0 Å². The van der Waals surface area contributed by atoms with E-state index in [-0.39, 0.29) is 0 Å². The van der Waals surface area contributed by atoms with Gasteiger partial charge in [0, 0.05) is 18.8 Å². The Hall–Kier alpha value is -1.38. The minimum atomic E-state index is -5.55. The van der Waals surface area contributed by atoms with Gasteiger partial charge in [0.15, 0.2) is 12.5 Å². The van der Waals surface area contributed by atoms with Crippen molar-refractivity contribution < 1.29 is 67.3 Å². The molecule has 0 radical (unpaired) electrons. The van der Waals surface area contributed by atoms with Gasteiger partial charge in [-0.2, -0.15) is 4.31 Å². The van der Waals surface area contributed by atoms with E-state index in [1.807, 2.05) is 4.98 Å². The van der Waals surface area contributed by atoms with Crippen molar-refractivity contribution in [2.75, 3.05) is 13.2 Å². The Kier molecular flexibility index (Phi) is 9.05. The summed E-state index contributed by atoms with van der Waals surface area (Å²) in [6, 6.07) is 0.935. The van der Waals surface area contributed by atoms with Gasteiger partial charge in [-0.25, -0.2) is 13.9 Å². The third-order valence-electron chi connectivity index (χ3n) is 5.21. The largest absolute Gasteiger partial charge is 0.483 e. The molecule has 21 heteroatoms. The summed E-state index contributed by atoms with van der Waals surface area (Å²) in [7, 11) is -11.0. The van der Waals surface area contributed by atoms with Crippen LogP contribution in [0.25, 0.3) is 0 Å². The predicted molar refractivity (Wildman–Crippen MR) is 111 cm³/mol. The van der Waals surface area contributed by atoms with Crippen molar-refractivity contribution in [3.8, 4) is 0 Å². The summed E-state index contributed by atoms with van der Waals surface area (Å²) in [5.74, 6) is 0. The Morgan fingerprint density at radius 3 is 2.19 bits per heavy atom. The molecule has 2 fully saturated rings. The minimum absolute atomic E-state index is 0.398. The molecule has 9 unspecified atom stereocenters. The zero-order valence-electron chi connectivity index (χ0n) is 18.0. The molecule has 3 rings (SSSR count). The van der Waals surface area contributed by atoms with E-state index in [0.29, 0.717) is 0 Å². The van der Waals surface area contributed by atoms with Crippen LogP contribution >= 0.6 is 15.6 Å². The zero-order valence-corrected chi connectivity index (χ0v) is 19.8. The van der Waals surface area contributed by atoms with Gasteiger partial charge in [0.1, 0.15) is 42.7 Å². The normalized spacial score (nSPS) is 38.4. The van der Waals surface area contributed by atoms with Crippen LogP contribution in [0, 0.1) is 0 Å². The smallest absolute Gasteiger partial charge is 0.388 e. The number of ether oxygens (including phenoxy) is 2. The zero-order chi connectivity index (χ0) is 27.0. The minimum Gasteiger partial charge on any atom is -0.388 e. The summed E-state index contributed by atoms with van der Waals surface area (Å²) in [6.45, 7) is -1.41. The Balaban J connectivity index is 1.61. The molecule has 0 amide bonds. The lowest BCUT2D eigenvalue weighted by molar-refractivity contribution is -0.273. The summed E-state index contributed by atoms with van der Waals surface area (Å²) >= 11 is 0. The van der Waals surface area contributed by atoms with Crippen LogP contribution in [0.2, 0.25) is 0 Å². The second kappa shape index (κ2) is 11.2. The van der Waals surface area contributed by atoms with Crippen molar-refractivity contribution >= 4 is 15.6 Å². The van der Waals surface area contributed by atoms with Crippen molar-refractivity contribution in [1.82, 2.24) is 9.55 Å². The summed E-state index contributed by atoms with van der Waals surface area (Å²) in [5, 5.41) is 49.6. The van der Waals surface area contributed by atoms with E-state index in [4.69, 9.17) is 15.2 Å². The summed E-state index contributed by atoms with van der Waals surface area (Å²) in [4.78, 5) is 44.6. The quantitative estimate of drug-likeness (QED) is 0.127. The lowest BCUT2D eigenvalue weighted by atomic mass is 9.99. The molecule has 206 valence electrons. The number of aromatic nitrogens is 2. The molecule has 10 N–H and O–H groups in total. The summed E-state index contributed by atoms with van der Waals surface area (Å²) < 4.78 is 48.4. The molecule has 0 spiro atoms. The van der Waals surface area contributed by atoms with Gasteiger partial charge in [-0.1, -0.05) is 0 Å². The molecule has 2 saturated heterocycles. The number of nitrogens with zero attached hydrogens (tertiary/aromatic N) is 1. The second-order valence-corrected chi connectivity index (χ2v) is 10.7. The lowest BCUT2D eigenvalue weighted by Crippen LogP contribution is -2.59. The van der Waals surface area contributed by atoms with Gasteiger partial charge in [-0.15, -0.1) is 0 Å². The van der Waals surface area contributed by atoms with Gasteiger partial charge >= 0.3 is 21.3 Å². The molecule has 11 atom stereocenters. The van der Waals surface area contributed by atoms with Crippen LogP contribution in [0.1, 0.15) is 6.23 Å². The van der Waals surface area contributed by atoms with Crippen molar-refractivity contribution in [3.63, 3.8) is 0 Å². The van der Waals surface area contributed by atoms with Crippen LogP contribution in [0.5, 0.6) is 0 Å². The number of phosphoric ester groups is 2. The first-order valence-electron chi connectivity index (χ1n) is 10.1. The number of hydrogen-bond acceptors (Lipinski definition) is 15. The Morgan fingerprint density at radius 1 is 0.944 bits per heavy atom. The van der Waals surface area contributed by atoms with E-state index in [9.17, 15) is 54.0 Å². The van der Waals surface area contributed by atoms with E-state index in [1.165, 1.54) is 0 Å². The first-order chi connectivity index (χ1) is 16.7. The fraction of sp³-hybridized carbons (Fsp3) is 0.733. The first-order valence-corrected chi connectivity index (χ1v) is 13.1. The van der Waals surface area contributed by atoms with Crippen molar-refractivity contribution in [2.45, 2.75) is 55.2 Å². The monoisotopic (exact) mass is 565 g/mol. The van der Waals surface area contributed by atoms with Gasteiger partial charge < -0.3 is 50.5 Å². The van der Waals surface area contributed by atoms with Gasteiger partial charge in [0.25, 0.3) is 5.56 Å². The standard InChI is InChI=1S/C15H25N3O16P2/c16-3-5-8(20)10(22)12(24)14(32-5)33-36(28,29)34-35(26,27)30-4-6-9(21)11(23)13(31-6)18-2-1-7(19)17-15(18)25/h1-2,5-6,8-14,20-24H,3-4,16H2,(H,26,27)(H,28,29)(H,17,19,25)/t5?,6?,8-,9?,10?,11?,12?,13?,14+/m0/s1. The average Bonchev–Trinajstić information content (AvgIpc) is 3.06. The van der Waals surface area contributed by atoms with Crippen LogP contribution in [-0.2, 0) is 32.0 Å². The Labute approximate surface area is 200 Å². The maximum absolute atomic E-state index is 12.2. The van der Waals surface area contributed by atoms with Crippen LogP contribution in [0.3, 0.4) is 0 Å². The molecular formula is C15H25N3O16P2. The molecule has 1 aromatic rings. The Morgan fingerprint density at radius 2 is 1.58 bits per heavy atom. The van der Waals surface area contributed by atoms with Gasteiger partial charge in [0.05, 0.1) is 6.61 Å². The molecule has 0 bridgehead atoms. The van der Waals surface area contributed by atoms with Crippen LogP contribution in [0.4, 0.5) is 0 Å². The van der Waals surface area contributed by atoms with E-state index in [1.54, 1.807) is 0 Å². The highest BCUT2D eigenvalue weighted by molar-refractivity contribution is 7.61. The molecule has 1 aromatic heterocycles. The SMILES string of the molecule is NCC1O[C@H](OP(=O)(O)OP(=O)(O)OCC2OC(n3ccc(=O)[nH]c3=O)C(O)C2O)C(O)C(O)[C@H]1O. The average molecular weight is 565 g/mol. The van der Waals surface area contributed by atoms with E-state index in [0.717, 1.165) is 16.8 Å². The number of hydrogen-bond donors (Lipinski definition) is 9. The number of aliphatic hydroxyl groups is 5. The second-order valence-electron chi connectivity index (χ2n) is 7.73. The first kappa shape index (κ1) is 29.2. The van der Waals surface area contributed by atoms with E-state index >= 15 is 0 Å². The third-order valence-corrected chi connectivity index (χ3v) is 7.81. The van der Waals surface area contributed by atoms with Gasteiger partial charge in [-0.3, -0.25) is 23.4 Å². The molecule has 2 aliphatic rings. The summed E-state index contributed by atoms with van der Waals surface area (Å²) in [6.07, 6.45) is -14.8. The molecule has 0 saturated carbocycles. The maximum atomic E-state index is 12.2. The third kappa shape index (κ3) is 6.54. The molecule has 19 nitrogen and oxygen atoms in total. The molecule has 2 aliphatic heterocycles. The fourth-order valence-corrected chi connectivity index (χ4v) is 5.55. The number of nitrogens with one attached hydrogen (secondary N) is 1. The molecule has 36 heavy (non-hydrogen) atoms. The Bertz CT molecular complexity index is 1130. The molecular weight excluding hydrogens is 540 g/mol. The maximum Gasteiger partial charge on any atom is 0.483 e. The lowest BCUT2D eigenvalue weighted by Gasteiger charge is -2.39. The highest BCUT2D eigenvalue weighted by atomic mass is 31.3.